The van der Waals surface area contributed by atoms with Gasteiger partial charge < -0.3 is 5.32 Å². The Morgan fingerprint density at radius 3 is 2.50 bits per heavy atom. The molecule has 0 aromatic rings. The van der Waals surface area contributed by atoms with Crippen LogP contribution in [-0.4, -0.2) is 37.6 Å². The first-order valence-corrected chi connectivity index (χ1v) is 6.20. The summed E-state index contributed by atoms with van der Waals surface area (Å²) in [6, 6.07) is 0.751. The Morgan fingerprint density at radius 2 is 2.07 bits per heavy atom. The highest BCUT2D eigenvalue weighted by Gasteiger charge is 2.26. The second-order valence-electron chi connectivity index (χ2n) is 4.56. The minimum Gasteiger partial charge on any atom is -0.318 e. The smallest absolute Gasteiger partial charge is 0.0218 e. The van der Waals surface area contributed by atoms with Crippen molar-refractivity contribution in [3.05, 3.63) is 0 Å². The zero-order valence-corrected chi connectivity index (χ0v) is 10.1. The molecule has 2 nitrogen and oxygen atoms in total. The van der Waals surface area contributed by atoms with Crippen molar-refractivity contribution in [3.63, 3.8) is 0 Å². The highest BCUT2D eigenvalue weighted by Crippen LogP contribution is 2.30. The molecule has 1 atom stereocenters. The summed E-state index contributed by atoms with van der Waals surface area (Å²) in [5.41, 5.74) is 0. The van der Waals surface area contributed by atoms with Crippen molar-refractivity contribution >= 4 is 0 Å². The van der Waals surface area contributed by atoms with Crippen LogP contribution in [0.25, 0.3) is 0 Å². The van der Waals surface area contributed by atoms with E-state index in [0.717, 1.165) is 18.5 Å². The van der Waals surface area contributed by atoms with Gasteiger partial charge in [0.1, 0.15) is 0 Å². The van der Waals surface area contributed by atoms with E-state index in [-0.39, 0.29) is 0 Å². The quantitative estimate of drug-likeness (QED) is 0.642. The van der Waals surface area contributed by atoms with Crippen LogP contribution in [0.2, 0.25) is 0 Å². The van der Waals surface area contributed by atoms with E-state index in [1.165, 1.54) is 38.8 Å². The van der Waals surface area contributed by atoms with Gasteiger partial charge in [-0.2, -0.15) is 0 Å². The predicted octanol–water partition coefficient (Wildman–Crippen LogP) is 2.11. The fraction of sp³-hybridized carbons (Fsp3) is 1.00. The molecule has 0 bridgehead atoms. The first-order chi connectivity index (χ1) is 6.81. The van der Waals surface area contributed by atoms with Crippen LogP contribution in [-0.2, 0) is 0 Å². The van der Waals surface area contributed by atoms with Gasteiger partial charge in [0.15, 0.2) is 0 Å². The number of hydrogen-bond acceptors (Lipinski definition) is 2. The van der Waals surface area contributed by atoms with Gasteiger partial charge in [-0.1, -0.05) is 13.8 Å². The topological polar surface area (TPSA) is 15.3 Å². The van der Waals surface area contributed by atoms with E-state index < -0.39 is 0 Å². The average Bonchev–Trinajstić information content (AvgIpc) is 2.97. The lowest BCUT2D eigenvalue weighted by Gasteiger charge is -2.30. The molecule has 0 aromatic heterocycles. The molecule has 0 aromatic carbocycles. The summed E-state index contributed by atoms with van der Waals surface area (Å²) in [5.74, 6) is 1.02. The summed E-state index contributed by atoms with van der Waals surface area (Å²) in [4.78, 5) is 2.69. The molecule has 84 valence electrons. The lowest BCUT2D eigenvalue weighted by molar-refractivity contribution is 0.181. The lowest BCUT2D eigenvalue weighted by Crippen LogP contribution is -2.42. The number of hydrogen-bond donors (Lipinski definition) is 1. The number of nitrogens with one attached hydrogen (secondary N) is 1. The van der Waals surface area contributed by atoms with Crippen LogP contribution in [0.3, 0.4) is 0 Å². The third-order valence-electron chi connectivity index (χ3n) is 3.13. The first kappa shape index (κ1) is 12.0. The zero-order chi connectivity index (χ0) is 10.4. The van der Waals surface area contributed by atoms with Crippen LogP contribution in [0.4, 0.5) is 0 Å². The Balaban J connectivity index is 2.34. The molecule has 0 amide bonds. The Hall–Kier alpha value is -0.0800. The molecule has 1 unspecified atom stereocenters. The molecule has 1 aliphatic rings. The third-order valence-corrected chi connectivity index (χ3v) is 3.13. The van der Waals surface area contributed by atoms with E-state index in [1.807, 2.05) is 0 Å². The standard InChI is InChI=1S/C12H26N2/c1-4-8-14(10-11-6-7-11)12(5-2)9-13-3/h11-13H,4-10H2,1-3H3. The van der Waals surface area contributed by atoms with Gasteiger partial charge in [-0.15, -0.1) is 0 Å². The molecular formula is C12H26N2. The maximum atomic E-state index is 3.31. The van der Waals surface area contributed by atoms with E-state index in [2.05, 4.69) is 31.1 Å². The molecular weight excluding hydrogens is 172 g/mol. The maximum absolute atomic E-state index is 3.31. The Bertz CT molecular complexity index is 143. The van der Waals surface area contributed by atoms with Crippen LogP contribution in [0.5, 0.6) is 0 Å². The molecule has 1 fully saturated rings. The summed E-state index contributed by atoms with van der Waals surface area (Å²) < 4.78 is 0. The molecule has 0 saturated heterocycles. The van der Waals surface area contributed by atoms with Gasteiger partial charge in [0, 0.05) is 19.1 Å². The molecule has 14 heavy (non-hydrogen) atoms. The van der Waals surface area contributed by atoms with Crippen LogP contribution < -0.4 is 5.32 Å². The molecule has 1 N–H and O–H groups in total. The van der Waals surface area contributed by atoms with Crippen molar-refractivity contribution in [2.45, 2.75) is 45.6 Å². The van der Waals surface area contributed by atoms with Crippen LogP contribution in [0.1, 0.15) is 39.5 Å². The molecule has 0 spiro atoms. The SMILES string of the molecule is CCCN(CC1CC1)C(CC)CNC. The van der Waals surface area contributed by atoms with Crippen molar-refractivity contribution in [2.75, 3.05) is 26.7 Å². The van der Waals surface area contributed by atoms with E-state index in [0.29, 0.717) is 0 Å². The molecule has 2 heteroatoms. The molecule has 0 heterocycles. The summed E-state index contributed by atoms with van der Waals surface area (Å²) in [7, 11) is 2.06. The number of likely N-dealkylation sites (N-methyl/N-ethyl adjacent to an activating group) is 1. The van der Waals surface area contributed by atoms with Crippen molar-refractivity contribution in [1.29, 1.82) is 0 Å². The van der Waals surface area contributed by atoms with Crippen LogP contribution in [0.15, 0.2) is 0 Å². The van der Waals surface area contributed by atoms with Gasteiger partial charge in [-0.25, -0.2) is 0 Å². The highest BCUT2D eigenvalue weighted by atomic mass is 15.2. The number of rotatable bonds is 8. The maximum Gasteiger partial charge on any atom is 0.0218 e. The Labute approximate surface area is 89.1 Å². The third kappa shape index (κ3) is 3.97. The van der Waals surface area contributed by atoms with Crippen molar-refractivity contribution in [3.8, 4) is 0 Å². The normalized spacial score (nSPS) is 18.9. The Kier molecular flexibility index (Phi) is 5.49. The van der Waals surface area contributed by atoms with Gasteiger partial charge in [0.05, 0.1) is 0 Å². The predicted molar refractivity (Wildman–Crippen MR) is 62.6 cm³/mol. The molecule has 0 aliphatic heterocycles. The monoisotopic (exact) mass is 198 g/mol. The largest absolute Gasteiger partial charge is 0.318 e. The fourth-order valence-corrected chi connectivity index (χ4v) is 2.11. The Morgan fingerprint density at radius 1 is 1.36 bits per heavy atom. The van der Waals surface area contributed by atoms with Crippen LogP contribution >= 0.6 is 0 Å². The second kappa shape index (κ2) is 6.41. The van der Waals surface area contributed by atoms with Gasteiger partial charge in [-0.05, 0) is 45.2 Å². The summed E-state index contributed by atoms with van der Waals surface area (Å²) in [5, 5.41) is 3.31. The summed E-state index contributed by atoms with van der Waals surface area (Å²) in [6.07, 6.45) is 5.49. The first-order valence-electron chi connectivity index (χ1n) is 6.20. The molecule has 1 rings (SSSR count). The lowest BCUT2D eigenvalue weighted by atomic mass is 10.1. The second-order valence-corrected chi connectivity index (χ2v) is 4.56. The van der Waals surface area contributed by atoms with E-state index in [1.54, 1.807) is 0 Å². The van der Waals surface area contributed by atoms with E-state index >= 15 is 0 Å². The molecule has 1 aliphatic carbocycles. The summed E-state index contributed by atoms with van der Waals surface area (Å²) >= 11 is 0. The minimum atomic E-state index is 0.751. The van der Waals surface area contributed by atoms with E-state index in [4.69, 9.17) is 0 Å². The number of nitrogens with zero attached hydrogens (tertiary/aromatic N) is 1. The van der Waals surface area contributed by atoms with Gasteiger partial charge in [0.2, 0.25) is 0 Å². The molecule has 0 radical (unpaired) electrons. The minimum absolute atomic E-state index is 0.751. The van der Waals surface area contributed by atoms with Crippen molar-refractivity contribution < 1.29 is 0 Å². The van der Waals surface area contributed by atoms with Gasteiger partial charge in [0.25, 0.3) is 0 Å². The van der Waals surface area contributed by atoms with Gasteiger partial charge >= 0.3 is 0 Å². The average molecular weight is 198 g/mol. The van der Waals surface area contributed by atoms with Crippen LogP contribution in [0, 0.1) is 5.92 Å². The summed E-state index contributed by atoms with van der Waals surface area (Å²) in [6.45, 7) is 8.34. The van der Waals surface area contributed by atoms with E-state index in [9.17, 15) is 0 Å². The fourth-order valence-electron chi connectivity index (χ4n) is 2.11. The van der Waals surface area contributed by atoms with Crippen molar-refractivity contribution in [1.82, 2.24) is 10.2 Å². The molecule has 1 saturated carbocycles. The highest BCUT2D eigenvalue weighted by molar-refractivity contribution is 4.81. The zero-order valence-electron chi connectivity index (χ0n) is 10.1. The van der Waals surface area contributed by atoms with Crippen molar-refractivity contribution in [2.24, 2.45) is 5.92 Å². The van der Waals surface area contributed by atoms with Gasteiger partial charge in [-0.3, -0.25) is 4.90 Å².